The van der Waals surface area contributed by atoms with E-state index in [1.54, 1.807) is 36.4 Å². The molecule has 0 fully saturated rings. The molecule has 0 saturated heterocycles. The van der Waals surface area contributed by atoms with Gasteiger partial charge in [-0.25, -0.2) is 4.39 Å². The van der Waals surface area contributed by atoms with Crippen molar-refractivity contribution in [3.63, 3.8) is 0 Å². The molecule has 3 rings (SSSR count). The summed E-state index contributed by atoms with van der Waals surface area (Å²) in [5.41, 5.74) is 3.22. The SMILES string of the molecule is Cc1ccc(C)c(NC(=O)/C(C#N)=C/c2cc(Cl)ccc2OCc2ccccc2F)c1. The molecule has 0 saturated carbocycles. The fourth-order valence-electron chi connectivity index (χ4n) is 2.90. The van der Waals surface area contributed by atoms with Crippen molar-refractivity contribution >= 4 is 29.3 Å². The molecule has 156 valence electrons. The normalized spacial score (nSPS) is 11.0. The zero-order chi connectivity index (χ0) is 22.4. The molecule has 31 heavy (non-hydrogen) atoms. The van der Waals surface area contributed by atoms with Crippen LogP contribution in [0.4, 0.5) is 10.1 Å². The molecule has 0 spiro atoms. The second-order valence-corrected chi connectivity index (χ2v) is 7.44. The minimum Gasteiger partial charge on any atom is -0.488 e. The number of benzene rings is 3. The Balaban J connectivity index is 1.86. The van der Waals surface area contributed by atoms with Crippen molar-refractivity contribution in [3.8, 4) is 11.8 Å². The van der Waals surface area contributed by atoms with E-state index in [0.29, 0.717) is 27.6 Å². The molecule has 0 radical (unpaired) electrons. The van der Waals surface area contributed by atoms with Crippen molar-refractivity contribution in [2.45, 2.75) is 20.5 Å². The lowest BCUT2D eigenvalue weighted by Gasteiger charge is -2.12. The fourth-order valence-corrected chi connectivity index (χ4v) is 3.08. The number of carbonyl (C=O) groups excluding carboxylic acids is 1. The third-order valence-corrected chi connectivity index (χ3v) is 4.85. The second kappa shape index (κ2) is 9.92. The van der Waals surface area contributed by atoms with Crippen LogP contribution >= 0.6 is 11.6 Å². The van der Waals surface area contributed by atoms with Crippen molar-refractivity contribution in [3.05, 3.63) is 99.3 Å². The van der Waals surface area contributed by atoms with Gasteiger partial charge in [0.05, 0.1) is 0 Å². The van der Waals surface area contributed by atoms with E-state index >= 15 is 0 Å². The molecular weight excluding hydrogens is 415 g/mol. The van der Waals surface area contributed by atoms with E-state index in [4.69, 9.17) is 16.3 Å². The summed E-state index contributed by atoms with van der Waals surface area (Å²) in [6.07, 6.45) is 1.41. The summed E-state index contributed by atoms with van der Waals surface area (Å²) >= 11 is 6.11. The van der Waals surface area contributed by atoms with Crippen molar-refractivity contribution in [1.82, 2.24) is 0 Å². The van der Waals surface area contributed by atoms with Crippen LogP contribution in [-0.4, -0.2) is 5.91 Å². The molecular formula is C25H20ClFN2O2. The highest BCUT2D eigenvalue weighted by atomic mass is 35.5. The van der Waals surface area contributed by atoms with Crippen LogP contribution < -0.4 is 10.1 Å². The third-order valence-electron chi connectivity index (χ3n) is 4.62. The third kappa shape index (κ3) is 5.71. The first-order valence-electron chi connectivity index (χ1n) is 9.53. The summed E-state index contributed by atoms with van der Waals surface area (Å²) in [5.74, 6) is -0.546. The number of rotatable bonds is 6. The number of anilines is 1. The number of amides is 1. The largest absolute Gasteiger partial charge is 0.488 e. The number of nitriles is 1. The Hall–Kier alpha value is -3.62. The van der Waals surface area contributed by atoms with Crippen molar-refractivity contribution in [1.29, 1.82) is 5.26 Å². The molecule has 3 aromatic rings. The van der Waals surface area contributed by atoms with Gasteiger partial charge in [0.1, 0.15) is 29.8 Å². The van der Waals surface area contributed by atoms with Gasteiger partial charge in [-0.2, -0.15) is 5.26 Å². The van der Waals surface area contributed by atoms with Crippen LogP contribution in [-0.2, 0) is 11.4 Å². The maximum Gasteiger partial charge on any atom is 0.266 e. The average Bonchev–Trinajstić information content (AvgIpc) is 2.75. The average molecular weight is 435 g/mol. The molecule has 1 N–H and O–H groups in total. The van der Waals surface area contributed by atoms with Gasteiger partial charge in [-0.1, -0.05) is 41.9 Å². The molecule has 0 aliphatic carbocycles. The van der Waals surface area contributed by atoms with Crippen molar-refractivity contribution < 1.29 is 13.9 Å². The zero-order valence-electron chi connectivity index (χ0n) is 17.1. The number of halogens is 2. The van der Waals surface area contributed by atoms with Crippen LogP contribution in [0.25, 0.3) is 6.08 Å². The Morgan fingerprint density at radius 3 is 2.68 bits per heavy atom. The summed E-state index contributed by atoms with van der Waals surface area (Å²) in [5, 5.41) is 12.7. The summed E-state index contributed by atoms with van der Waals surface area (Å²) in [4.78, 5) is 12.7. The Bertz CT molecular complexity index is 1200. The second-order valence-electron chi connectivity index (χ2n) is 7.00. The highest BCUT2D eigenvalue weighted by Crippen LogP contribution is 2.27. The highest BCUT2D eigenvalue weighted by Gasteiger charge is 2.13. The molecule has 3 aromatic carbocycles. The van der Waals surface area contributed by atoms with Crippen LogP contribution in [0.15, 0.2) is 66.2 Å². The fraction of sp³-hybridized carbons (Fsp3) is 0.120. The summed E-state index contributed by atoms with van der Waals surface area (Å²) in [6.45, 7) is 3.78. The number of nitrogens with one attached hydrogen (secondary N) is 1. The standard InChI is InChI=1S/C25H20ClFN2O2/c1-16-7-8-17(2)23(11-16)29-25(30)20(14-28)12-19-13-21(26)9-10-24(19)31-15-18-5-3-4-6-22(18)27/h3-13H,15H2,1-2H3,(H,29,30)/b20-12+. The Morgan fingerprint density at radius 1 is 1.16 bits per heavy atom. The molecule has 4 nitrogen and oxygen atoms in total. The van der Waals surface area contributed by atoms with Gasteiger partial charge in [0, 0.05) is 21.8 Å². The maximum atomic E-state index is 13.9. The molecule has 0 heterocycles. The quantitative estimate of drug-likeness (QED) is 0.370. The van der Waals surface area contributed by atoms with Gasteiger partial charge in [0.15, 0.2) is 0 Å². The Kier molecular flexibility index (Phi) is 7.07. The Labute approximate surface area is 185 Å². The number of aryl methyl sites for hydroxylation is 2. The van der Waals surface area contributed by atoms with Gasteiger partial charge in [-0.15, -0.1) is 0 Å². The molecule has 6 heteroatoms. The van der Waals surface area contributed by atoms with Gasteiger partial charge < -0.3 is 10.1 Å². The number of hydrogen-bond acceptors (Lipinski definition) is 3. The lowest BCUT2D eigenvalue weighted by molar-refractivity contribution is -0.112. The lowest BCUT2D eigenvalue weighted by atomic mass is 10.1. The van der Waals surface area contributed by atoms with Crippen LogP contribution in [0, 0.1) is 31.0 Å². The van der Waals surface area contributed by atoms with E-state index in [0.717, 1.165) is 11.1 Å². The molecule has 0 atom stereocenters. The van der Waals surface area contributed by atoms with Crippen LogP contribution in [0.5, 0.6) is 5.75 Å². The number of nitrogens with zero attached hydrogens (tertiary/aromatic N) is 1. The first-order chi connectivity index (χ1) is 14.9. The molecule has 0 bridgehead atoms. The summed E-state index contributed by atoms with van der Waals surface area (Å²) in [7, 11) is 0. The van der Waals surface area contributed by atoms with Gasteiger partial charge in [-0.3, -0.25) is 4.79 Å². The van der Waals surface area contributed by atoms with Crippen molar-refractivity contribution in [2.75, 3.05) is 5.32 Å². The lowest BCUT2D eigenvalue weighted by Crippen LogP contribution is -2.14. The van der Waals surface area contributed by atoms with Crippen molar-refractivity contribution in [2.24, 2.45) is 0 Å². The van der Waals surface area contributed by atoms with E-state index in [1.165, 1.54) is 12.1 Å². The smallest absolute Gasteiger partial charge is 0.266 e. The van der Waals surface area contributed by atoms with E-state index in [9.17, 15) is 14.4 Å². The highest BCUT2D eigenvalue weighted by molar-refractivity contribution is 6.30. The van der Waals surface area contributed by atoms with E-state index in [-0.39, 0.29) is 18.0 Å². The van der Waals surface area contributed by atoms with Gasteiger partial charge in [-0.05, 0) is 61.4 Å². The van der Waals surface area contributed by atoms with E-state index in [1.807, 2.05) is 38.1 Å². The number of hydrogen-bond donors (Lipinski definition) is 1. The minimum atomic E-state index is -0.545. The van der Waals surface area contributed by atoms with Crippen LogP contribution in [0.2, 0.25) is 5.02 Å². The number of carbonyl (C=O) groups is 1. The molecule has 0 aliphatic heterocycles. The van der Waals surface area contributed by atoms with Crippen LogP contribution in [0.3, 0.4) is 0 Å². The zero-order valence-corrected chi connectivity index (χ0v) is 17.8. The topological polar surface area (TPSA) is 62.1 Å². The van der Waals surface area contributed by atoms with E-state index < -0.39 is 5.91 Å². The maximum absolute atomic E-state index is 13.9. The molecule has 0 unspecified atom stereocenters. The predicted octanol–water partition coefficient (Wildman–Crippen LogP) is 6.22. The predicted molar refractivity (Wildman–Crippen MR) is 120 cm³/mol. The molecule has 0 aliphatic rings. The first kappa shape index (κ1) is 22.1. The first-order valence-corrected chi connectivity index (χ1v) is 9.91. The Morgan fingerprint density at radius 2 is 1.94 bits per heavy atom. The molecule has 1 amide bonds. The van der Waals surface area contributed by atoms with Gasteiger partial charge in [0.25, 0.3) is 5.91 Å². The summed E-state index contributed by atoms with van der Waals surface area (Å²) < 4.78 is 19.6. The van der Waals surface area contributed by atoms with Gasteiger partial charge in [0.2, 0.25) is 0 Å². The van der Waals surface area contributed by atoms with Crippen LogP contribution in [0.1, 0.15) is 22.3 Å². The minimum absolute atomic E-state index is 0.00822. The number of ether oxygens (including phenoxy) is 1. The molecule has 0 aromatic heterocycles. The van der Waals surface area contributed by atoms with E-state index in [2.05, 4.69) is 5.32 Å². The van der Waals surface area contributed by atoms with Gasteiger partial charge >= 0.3 is 0 Å². The summed E-state index contributed by atoms with van der Waals surface area (Å²) in [6, 6.07) is 18.7. The monoisotopic (exact) mass is 434 g/mol.